The normalized spacial score (nSPS) is 11.0. The monoisotopic (exact) mass is 307 g/mol. The molecule has 1 aromatic carbocycles. The Morgan fingerprint density at radius 2 is 1.87 bits per heavy atom. The average Bonchev–Trinajstić information content (AvgIpc) is 2.97. The molecule has 0 aliphatic rings. The van der Waals surface area contributed by atoms with Crippen molar-refractivity contribution in [3.63, 3.8) is 0 Å². The predicted octanol–water partition coefficient (Wildman–Crippen LogP) is 2.58. The molecule has 2 N–H and O–H groups in total. The largest absolute Gasteiger partial charge is 0.478 e. The molecule has 0 aliphatic heterocycles. The van der Waals surface area contributed by atoms with Crippen molar-refractivity contribution < 1.29 is 14.7 Å². The maximum absolute atomic E-state index is 11.5. The molecule has 114 valence electrons. The molecule has 0 saturated carbocycles. The van der Waals surface area contributed by atoms with Crippen LogP contribution in [0.15, 0.2) is 67.0 Å². The number of aliphatic carboxylic acids is 1. The summed E-state index contributed by atoms with van der Waals surface area (Å²) < 4.78 is 1.93. The molecule has 0 spiro atoms. The number of carbonyl (C=O) groups is 2. The number of rotatable bonds is 4. The fourth-order valence-electron chi connectivity index (χ4n) is 2.13. The van der Waals surface area contributed by atoms with Crippen LogP contribution in [0.4, 0.5) is 5.69 Å². The molecule has 0 atom stereocenters. The van der Waals surface area contributed by atoms with Gasteiger partial charge in [-0.1, -0.05) is 18.2 Å². The van der Waals surface area contributed by atoms with Crippen molar-refractivity contribution in [2.45, 2.75) is 0 Å². The Labute approximate surface area is 131 Å². The summed E-state index contributed by atoms with van der Waals surface area (Å²) >= 11 is 0. The van der Waals surface area contributed by atoms with Crippen LogP contribution in [0.2, 0.25) is 0 Å². The molecule has 0 radical (unpaired) electrons. The van der Waals surface area contributed by atoms with E-state index in [0.717, 1.165) is 29.1 Å². The number of pyridine rings is 1. The van der Waals surface area contributed by atoms with Crippen molar-refractivity contribution in [1.82, 2.24) is 9.38 Å². The summed E-state index contributed by atoms with van der Waals surface area (Å²) in [5.74, 6) is -1.66. The van der Waals surface area contributed by atoms with Crippen LogP contribution in [-0.2, 0) is 9.59 Å². The summed E-state index contributed by atoms with van der Waals surface area (Å²) in [5.41, 5.74) is 3.20. The van der Waals surface area contributed by atoms with Gasteiger partial charge in [-0.05, 0) is 24.3 Å². The van der Waals surface area contributed by atoms with Gasteiger partial charge in [0.25, 0.3) is 0 Å². The topological polar surface area (TPSA) is 83.7 Å². The third kappa shape index (κ3) is 3.44. The number of carbonyl (C=O) groups excluding carboxylic acids is 1. The second-order valence-corrected chi connectivity index (χ2v) is 4.83. The first-order valence-electron chi connectivity index (χ1n) is 6.88. The van der Waals surface area contributed by atoms with Crippen molar-refractivity contribution in [3.05, 3.63) is 67.0 Å². The average molecular weight is 307 g/mol. The van der Waals surface area contributed by atoms with E-state index in [2.05, 4.69) is 10.3 Å². The van der Waals surface area contributed by atoms with Crippen LogP contribution in [0.25, 0.3) is 16.9 Å². The molecule has 1 amide bonds. The number of carboxylic acids is 1. The van der Waals surface area contributed by atoms with E-state index in [0.29, 0.717) is 5.69 Å². The summed E-state index contributed by atoms with van der Waals surface area (Å²) in [6.45, 7) is 0. The maximum atomic E-state index is 11.5. The van der Waals surface area contributed by atoms with Gasteiger partial charge in [0.1, 0.15) is 5.65 Å². The lowest BCUT2D eigenvalue weighted by molar-refractivity contribution is -0.131. The Morgan fingerprint density at radius 3 is 2.57 bits per heavy atom. The highest BCUT2D eigenvalue weighted by molar-refractivity contribution is 6.02. The molecule has 2 heterocycles. The molecule has 23 heavy (non-hydrogen) atoms. The van der Waals surface area contributed by atoms with Crippen molar-refractivity contribution in [2.75, 3.05) is 5.32 Å². The van der Waals surface area contributed by atoms with Crippen molar-refractivity contribution >= 4 is 23.2 Å². The molecule has 0 fully saturated rings. The lowest BCUT2D eigenvalue weighted by atomic mass is 10.1. The van der Waals surface area contributed by atoms with Crippen molar-refractivity contribution in [1.29, 1.82) is 0 Å². The molecule has 6 heteroatoms. The van der Waals surface area contributed by atoms with Crippen molar-refractivity contribution in [2.24, 2.45) is 0 Å². The van der Waals surface area contributed by atoms with Gasteiger partial charge in [-0.15, -0.1) is 0 Å². The summed E-state index contributed by atoms with van der Waals surface area (Å²) in [4.78, 5) is 26.4. The summed E-state index contributed by atoms with van der Waals surface area (Å²) in [5, 5.41) is 11.1. The highest BCUT2D eigenvalue weighted by atomic mass is 16.4. The fourth-order valence-corrected chi connectivity index (χ4v) is 2.13. The van der Waals surface area contributed by atoms with Crippen LogP contribution in [0, 0.1) is 0 Å². The van der Waals surface area contributed by atoms with E-state index in [-0.39, 0.29) is 0 Å². The summed E-state index contributed by atoms with van der Waals surface area (Å²) in [6, 6.07) is 13.0. The van der Waals surface area contributed by atoms with Gasteiger partial charge < -0.3 is 14.8 Å². The molecule has 6 nitrogen and oxygen atoms in total. The second kappa shape index (κ2) is 6.15. The smallest absolute Gasteiger partial charge is 0.328 e. The first-order chi connectivity index (χ1) is 11.1. The zero-order chi connectivity index (χ0) is 16.2. The zero-order valence-corrected chi connectivity index (χ0v) is 12.0. The molecular weight excluding hydrogens is 294 g/mol. The van der Waals surface area contributed by atoms with Gasteiger partial charge >= 0.3 is 5.97 Å². The third-order valence-electron chi connectivity index (χ3n) is 3.19. The van der Waals surface area contributed by atoms with Gasteiger partial charge in [-0.25, -0.2) is 9.78 Å². The Kier molecular flexibility index (Phi) is 3.88. The minimum absolute atomic E-state index is 0.493. The van der Waals surface area contributed by atoms with Gasteiger partial charge in [0.15, 0.2) is 0 Å². The molecule has 0 bridgehead atoms. The highest BCUT2D eigenvalue weighted by Gasteiger charge is 2.05. The Bertz CT molecular complexity index is 862. The first-order valence-corrected chi connectivity index (χ1v) is 6.88. The van der Waals surface area contributed by atoms with Crippen LogP contribution in [0.1, 0.15) is 0 Å². The van der Waals surface area contributed by atoms with E-state index in [9.17, 15) is 9.59 Å². The number of nitrogens with zero attached hydrogens (tertiary/aromatic N) is 2. The van der Waals surface area contributed by atoms with Crippen LogP contribution in [-0.4, -0.2) is 26.4 Å². The van der Waals surface area contributed by atoms with E-state index in [4.69, 9.17) is 5.11 Å². The highest BCUT2D eigenvalue weighted by Crippen LogP contribution is 2.21. The Balaban J connectivity index is 1.76. The summed E-state index contributed by atoms with van der Waals surface area (Å²) in [6.07, 6.45) is 5.62. The van der Waals surface area contributed by atoms with E-state index in [1.165, 1.54) is 0 Å². The Morgan fingerprint density at radius 1 is 1.09 bits per heavy atom. The minimum Gasteiger partial charge on any atom is -0.478 e. The summed E-state index contributed by atoms with van der Waals surface area (Å²) in [7, 11) is 0. The molecule has 0 saturated heterocycles. The van der Waals surface area contributed by atoms with Crippen molar-refractivity contribution in [3.8, 4) is 11.3 Å². The third-order valence-corrected chi connectivity index (χ3v) is 3.19. The number of hydrogen-bond donors (Lipinski definition) is 2. The minimum atomic E-state index is -1.16. The number of amides is 1. The number of hydrogen-bond acceptors (Lipinski definition) is 3. The SMILES string of the molecule is O=C(O)/C=C\C(=O)Nc1ccc(-c2cn3ccccc3n2)cc1. The van der Waals surface area contributed by atoms with Gasteiger partial charge in [-0.2, -0.15) is 0 Å². The quantitative estimate of drug-likeness (QED) is 0.726. The molecule has 3 rings (SSSR count). The number of imidazole rings is 1. The number of aromatic nitrogens is 2. The standard InChI is InChI=1S/C17H13N3O3/c21-16(8-9-17(22)23)18-13-6-4-12(5-7-13)14-11-20-10-2-1-3-15(20)19-14/h1-11H,(H,18,21)(H,22,23)/b9-8-. The van der Waals surface area contributed by atoms with Crippen LogP contribution < -0.4 is 5.32 Å². The molecule has 0 unspecified atom stereocenters. The predicted molar refractivity (Wildman–Crippen MR) is 86.0 cm³/mol. The molecule has 3 aromatic rings. The van der Waals surface area contributed by atoms with Gasteiger partial charge in [0.05, 0.1) is 5.69 Å². The van der Waals surface area contributed by atoms with Gasteiger partial charge in [0.2, 0.25) is 5.91 Å². The first kappa shape index (κ1) is 14.5. The zero-order valence-electron chi connectivity index (χ0n) is 12.0. The number of nitrogens with one attached hydrogen (secondary N) is 1. The van der Waals surface area contributed by atoms with Crippen LogP contribution in [0.5, 0.6) is 0 Å². The maximum Gasteiger partial charge on any atom is 0.328 e. The van der Waals surface area contributed by atoms with Gasteiger partial charge in [0, 0.05) is 35.8 Å². The van der Waals surface area contributed by atoms with E-state index in [1.807, 2.05) is 47.1 Å². The van der Waals surface area contributed by atoms with Crippen LogP contribution >= 0.6 is 0 Å². The lowest BCUT2D eigenvalue weighted by Gasteiger charge is -2.03. The molecule has 2 aromatic heterocycles. The lowest BCUT2D eigenvalue weighted by Crippen LogP contribution is -2.08. The van der Waals surface area contributed by atoms with E-state index >= 15 is 0 Å². The fraction of sp³-hybridized carbons (Fsp3) is 0. The Hall–Kier alpha value is -3.41. The number of anilines is 1. The molecular formula is C17H13N3O3. The second-order valence-electron chi connectivity index (χ2n) is 4.83. The number of fused-ring (bicyclic) bond motifs is 1. The molecule has 0 aliphatic carbocycles. The van der Waals surface area contributed by atoms with Crippen LogP contribution in [0.3, 0.4) is 0 Å². The van der Waals surface area contributed by atoms with E-state index < -0.39 is 11.9 Å². The number of carboxylic acid groups (broad SMARTS) is 1. The van der Waals surface area contributed by atoms with E-state index in [1.54, 1.807) is 12.1 Å². The number of benzene rings is 1. The van der Waals surface area contributed by atoms with Gasteiger partial charge in [-0.3, -0.25) is 4.79 Å².